The number of nitrogens with one attached hydrogen (secondary N) is 1. The van der Waals surface area contributed by atoms with Crippen LogP contribution in [0.15, 0.2) is 53.7 Å². The fourth-order valence-electron chi connectivity index (χ4n) is 3.93. The van der Waals surface area contributed by atoms with Crippen LogP contribution in [0.25, 0.3) is 0 Å². The number of hydrogen-bond donors (Lipinski definition) is 1. The molecule has 1 saturated heterocycles. The molecule has 30 heavy (non-hydrogen) atoms. The first-order valence-electron chi connectivity index (χ1n) is 10.2. The fourth-order valence-corrected chi connectivity index (χ4v) is 3.93. The van der Waals surface area contributed by atoms with E-state index in [-0.39, 0.29) is 11.8 Å². The maximum absolute atomic E-state index is 13.0. The number of benzene rings is 2. The summed E-state index contributed by atoms with van der Waals surface area (Å²) in [5, 5.41) is 7.06. The first-order chi connectivity index (χ1) is 14.6. The van der Waals surface area contributed by atoms with Crippen molar-refractivity contribution < 1.29 is 14.4 Å². The van der Waals surface area contributed by atoms with E-state index in [1.54, 1.807) is 13.2 Å². The molecule has 2 amide bonds. The maximum Gasteiger partial charge on any atom is 0.253 e. The Morgan fingerprint density at radius 2 is 1.80 bits per heavy atom. The van der Waals surface area contributed by atoms with E-state index in [1.807, 2.05) is 47.4 Å². The number of amides is 2. The number of carbonyl (C=O) groups excluding carboxylic acids is 2. The van der Waals surface area contributed by atoms with Gasteiger partial charge in [0, 0.05) is 56.0 Å². The summed E-state index contributed by atoms with van der Waals surface area (Å²) >= 11 is 0. The molecule has 0 aromatic heterocycles. The minimum Gasteiger partial charge on any atom is -0.399 e. The second-order valence-corrected chi connectivity index (χ2v) is 7.58. The van der Waals surface area contributed by atoms with Crippen molar-refractivity contribution in [2.45, 2.75) is 12.8 Å². The molecule has 2 aromatic carbocycles. The maximum atomic E-state index is 13.0. The van der Waals surface area contributed by atoms with Crippen molar-refractivity contribution in [3.63, 3.8) is 0 Å². The fraction of sp³-hybridized carbons (Fsp3) is 0.348. The normalized spacial score (nSPS) is 17.3. The van der Waals surface area contributed by atoms with Crippen molar-refractivity contribution in [3.8, 4) is 0 Å². The molecule has 0 radical (unpaired) electrons. The predicted octanol–water partition coefficient (Wildman–Crippen LogP) is 2.38. The predicted molar refractivity (Wildman–Crippen MR) is 116 cm³/mol. The van der Waals surface area contributed by atoms with Gasteiger partial charge in [0.05, 0.1) is 0 Å². The van der Waals surface area contributed by atoms with Crippen LogP contribution in [0, 0.1) is 0 Å². The summed E-state index contributed by atoms with van der Waals surface area (Å²) in [7, 11) is 1.56. The van der Waals surface area contributed by atoms with Gasteiger partial charge in [-0.25, -0.2) is 0 Å². The minimum absolute atomic E-state index is 0.0320. The highest BCUT2D eigenvalue weighted by atomic mass is 16.6. The highest BCUT2D eigenvalue weighted by Crippen LogP contribution is 2.24. The van der Waals surface area contributed by atoms with Crippen molar-refractivity contribution in [3.05, 3.63) is 65.2 Å². The summed E-state index contributed by atoms with van der Waals surface area (Å²) in [4.78, 5) is 33.7. The summed E-state index contributed by atoms with van der Waals surface area (Å²) in [6.07, 6.45) is 1.15. The van der Waals surface area contributed by atoms with Gasteiger partial charge >= 0.3 is 0 Å². The molecule has 1 N–H and O–H groups in total. The van der Waals surface area contributed by atoms with Crippen LogP contribution >= 0.6 is 0 Å². The average Bonchev–Trinajstić information content (AvgIpc) is 2.79. The molecular weight excluding hydrogens is 380 g/mol. The topological polar surface area (TPSA) is 74.2 Å². The minimum atomic E-state index is 0.0320. The monoisotopic (exact) mass is 406 g/mol. The number of oxime groups is 1. The van der Waals surface area contributed by atoms with Crippen molar-refractivity contribution >= 4 is 23.2 Å². The molecule has 0 spiro atoms. The number of hydrogen-bond acceptors (Lipinski definition) is 5. The lowest BCUT2D eigenvalue weighted by atomic mass is 10.00. The van der Waals surface area contributed by atoms with Gasteiger partial charge in [0.25, 0.3) is 5.91 Å². The van der Waals surface area contributed by atoms with Gasteiger partial charge < -0.3 is 15.1 Å². The molecule has 7 nitrogen and oxygen atoms in total. The third kappa shape index (κ3) is 4.52. The van der Waals surface area contributed by atoms with Crippen LogP contribution in [0.4, 0.5) is 5.69 Å². The number of carbonyl (C=O) groups is 2. The summed E-state index contributed by atoms with van der Waals surface area (Å²) < 4.78 is 0. The lowest BCUT2D eigenvalue weighted by Crippen LogP contribution is -2.50. The largest absolute Gasteiger partial charge is 0.399 e. The van der Waals surface area contributed by atoms with Crippen LogP contribution < -0.4 is 5.32 Å². The molecule has 0 unspecified atom stereocenters. The highest BCUT2D eigenvalue weighted by molar-refractivity contribution is 6.01. The van der Waals surface area contributed by atoms with E-state index in [0.717, 1.165) is 35.6 Å². The SMILES string of the molecule is CO/N=C(\CN1CCN(C(=O)c2ccc3c(c2)CCC(=O)N3)CC1)c1ccccc1. The third-order valence-electron chi connectivity index (χ3n) is 5.59. The number of fused-ring (bicyclic) bond motifs is 1. The Morgan fingerprint density at radius 3 is 2.53 bits per heavy atom. The van der Waals surface area contributed by atoms with Gasteiger partial charge in [-0.2, -0.15) is 0 Å². The Morgan fingerprint density at radius 1 is 1.03 bits per heavy atom. The molecule has 2 heterocycles. The lowest BCUT2D eigenvalue weighted by molar-refractivity contribution is -0.116. The number of rotatable bonds is 5. The number of aryl methyl sites for hydroxylation is 1. The van der Waals surface area contributed by atoms with Gasteiger partial charge in [0.15, 0.2) is 0 Å². The summed E-state index contributed by atoms with van der Waals surface area (Å²) in [5.41, 5.74) is 4.46. The van der Waals surface area contributed by atoms with Gasteiger partial charge in [0.1, 0.15) is 12.8 Å². The second kappa shape index (κ2) is 9.09. The summed E-state index contributed by atoms with van der Waals surface area (Å²) in [6, 6.07) is 15.6. The molecule has 1 fully saturated rings. The van der Waals surface area contributed by atoms with Crippen molar-refractivity contribution in [2.75, 3.05) is 45.2 Å². The molecule has 0 atom stereocenters. The molecule has 0 aliphatic carbocycles. The van der Waals surface area contributed by atoms with Crippen LogP contribution in [0.3, 0.4) is 0 Å². The molecule has 156 valence electrons. The number of piperazine rings is 1. The van der Waals surface area contributed by atoms with Crippen molar-refractivity contribution in [1.82, 2.24) is 9.80 Å². The first-order valence-corrected chi connectivity index (χ1v) is 10.2. The van der Waals surface area contributed by atoms with Gasteiger partial charge in [-0.1, -0.05) is 35.5 Å². The van der Waals surface area contributed by atoms with Crippen LogP contribution in [0.1, 0.15) is 27.9 Å². The molecule has 0 saturated carbocycles. The Bertz CT molecular complexity index is 950. The molecule has 2 aromatic rings. The molecule has 2 aliphatic rings. The Kier molecular flexibility index (Phi) is 6.09. The lowest BCUT2D eigenvalue weighted by Gasteiger charge is -2.35. The number of nitrogens with zero attached hydrogens (tertiary/aromatic N) is 3. The molecule has 4 rings (SSSR count). The quantitative estimate of drug-likeness (QED) is 0.611. The van der Waals surface area contributed by atoms with Crippen molar-refractivity contribution in [2.24, 2.45) is 5.16 Å². The smallest absolute Gasteiger partial charge is 0.253 e. The molecule has 2 aliphatic heterocycles. The van der Waals surface area contributed by atoms with E-state index in [9.17, 15) is 9.59 Å². The second-order valence-electron chi connectivity index (χ2n) is 7.58. The van der Waals surface area contributed by atoms with E-state index in [0.29, 0.717) is 38.0 Å². The van der Waals surface area contributed by atoms with Gasteiger partial charge in [-0.3, -0.25) is 14.5 Å². The zero-order valence-corrected chi connectivity index (χ0v) is 17.1. The van der Waals surface area contributed by atoms with Gasteiger partial charge in [-0.15, -0.1) is 0 Å². The van der Waals surface area contributed by atoms with E-state index in [1.165, 1.54) is 0 Å². The molecule has 0 bridgehead atoms. The zero-order chi connectivity index (χ0) is 20.9. The zero-order valence-electron chi connectivity index (χ0n) is 17.1. The van der Waals surface area contributed by atoms with E-state index < -0.39 is 0 Å². The Labute approximate surface area is 176 Å². The van der Waals surface area contributed by atoms with E-state index >= 15 is 0 Å². The van der Waals surface area contributed by atoms with Gasteiger partial charge in [-0.05, 0) is 30.2 Å². The first kappa shape index (κ1) is 20.1. The van der Waals surface area contributed by atoms with Gasteiger partial charge in [0.2, 0.25) is 5.91 Å². The third-order valence-corrected chi connectivity index (χ3v) is 5.59. The van der Waals surface area contributed by atoms with E-state index in [2.05, 4.69) is 15.4 Å². The Hall–Kier alpha value is -3.19. The molecular formula is C23H26N4O3. The van der Waals surface area contributed by atoms with Crippen LogP contribution in [0.5, 0.6) is 0 Å². The Balaban J connectivity index is 1.37. The van der Waals surface area contributed by atoms with Crippen LogP contribution in [-0.2, 0) is 16.1 Å². The van der Waals surface area contributed by atoms with Crippen LogP contribution in [0.2, 0.25) is 0 Å². The average molecular weight is 406 g/mol. The standard InChI is InChI=1S/C23H26N4O3/c1-30-25-21(17-5-3-2-4-6-17)16-26-11-13-27(14-12-26)23(29)19-7-9-20-18(15-19)8-10-22(28)24-20/h2-7,9,15H,8,10-14,16H2,1H3,(H,24,28)/b25-21+. The molecule has 7 heteroatoms. The summed E-state index contributed by atoms with van der Waals surface area (Å²) in [5.74, 6) is 0.0766. The number of anilines is 1. The summed E-state index contributed by atoms with van der Waals surface area (Å²) in [6.45, 7) is 3.58. The van der Waals surface area contributed by atoms with Crippen LogP contribution in [-0.4, -0.2) is 67.2 Å². The van der Waals surface area contributed by atoms with Crippen molar-refractivity contribution in [1.29, 1.82) is 0 Å². The highest BCUT2D eigenvalue weighted by Gasteiger charge is 2.24. The van der Waals surface area contributed by atoms with E-state index in [4.69, 9.17) is 4.84 Å².